The smallest absolute Gasteiger partial charge is 0.248 e. The number of nitrogens with two attached hydrogens (primary N) is 1. The number of hydrogen-bond acceptors (Lipinski definition) is 1. The van der Waals surface area contributed by atoms with E-state index in [1.807, 2.05) is 0 Å². The first-order valence-corrected chi connectivity index (χ1v) is 7.68. The van der Waals surface area contributed by atoms with Gasteiger partial charge in [-0.3, -0.25) is 0 Å². The fraction of sp³-hybridized carbons (Fsp3) is 1.00. The third kappa shape index (κ3) is 4.49. The topological polar surface area (TPSA) is 26.0 Å². The predicted molar refractivity (Wildman–Crippen MR) is 70.7 cm³/mol. The number of alkyl halides is 2. The van der Waals surface area contributed by atoms with Crippen molar-refractivity contribution < 1.29 is 8.78 Å². The van der Waals surface area contributed by atoms with Gasteiger partial charge in [0, 0.05) is 18.9 Å². The molecule has 0 aromatic rings. The van der Waals surface area contributed by atoms with Crippen LogP contribution in [0, 0.1) is 11.8 Å². The van der Waals surface area contributed by atoms with Gasteiger partial charge in [-0.2, -0.15) is 0 Å². The van der Waals surface area contributed by atoms with Crippen LogP contribution < -0.4 is 5.73 Å². The second-order valence-corrected chi connectivity index (χ2v) is 6.54. The van der Waals surface area contributed by atoms with E-state index in [-0.39, 0.29) is 24.8 Å². The third-order valence-electron chi connectivity index (χ3n) is 4.80. The molecule has 0 saturated heterocycles. The fourth-order valence-corrected chi connectivity index (χ4v) is 3.77. The van der Waals surface area contributed by atoms with E-state index in [0.29, 0.717) is 6.42 Å². The molecule has 0 radical (unpaired) electrons. The molecule has 0 aromatic carbocycles. The summed E-state index contributed by atoms with van der Waals surface area (Å²) in [6, 6.07) is 0.143. The number of halogens is 2. The van der Waals surface area contributed by atoms with Gasteiger partial charge < -0.3 is 5.73 Å². The lowest BCUT2D eigenvalue weighted by molar-refractivity contribution is -0.0544. The summed E-state index contributed by atoms with van der Waals surface area (Å²) >= 11 is 0. The Morgan fingerprint density at radius 3 is 2.39 bits per heavy atom. The van der Waals surface area contributed by atoms with Gasteiger partial charge in [-0.15, -0.1) is 0 Å². The summed E-state index contributed by atoms with van der Waals surface area (Å²) in [6.45, 7) is 0. The summed E-state index contributed by atoms with van der Waals surface area (Å²) in [5, 5.41) is 0. The van der Waals surface area contributed by atoms with Gasteiger partial charge in [0.05, 0.1) is 0 Å². The average Bonchev–Trinajstić information content (AvgIpc) is 2.77. The number of rotatable bonds is 5. The summed E-state index contributed by atoms with van der Waals surface area (Å²) in [5.74, 6) is -1.40. The summed E-state index contributed by atoms with van der Waals surface area (Å²) in [6.07, 6.45) is 10.3. The lowest BCUT2D eigenvalue weighted by atomic mass is 9.81. The van der Waals surface area contributed by atoms with Crippen LogP contribution in [-0.4, -0.2) is 12.0 Å². The van der Waals surface area contributed by atoms with Crippen LogP contribution in [0.25, 0.3) is 0 Å². The van der Waals surface area contributed by atoms with E-state index in [2.05, 4.69) is 0 Å². The summed E-state index contributed by atoms with van der Waals surface area (Å²) < 4.78 is 26.6. The second-order valence-electron chi connectivity index (χ2n) is 6.54. The Morgan fingerprint density at radius 2 is 1.72 bits per heavy atom. The molecule has 2 fully saturated rings. The molecular weight excluding hydrogens is 232 g/mol. The van der Waals surface area contributed by atoms with E-state index < -0.39 is 5.92 Å². The first-order valence-electron chi connectivity index (χ1n) is 7.68. The largest absolute Gasteiger partial charge is 0.328 e. The van der Waals surface area contributed by atoms with Crippen LogP contribution in [0.3, 0.4) is 0 Å². The Kier molecular flexibility index (Phi) is 4.99. The van der Waals surface area contributed by atoms with Crippen molar-refractivity contribution in [2.24, 2.45) is 17.6 Å². The first kappa shape index (κ1) is 14.2. The van der Waals surface area contributed by atoms with Crippen LogP contribution in [0.4, 0.5) is 8.78 Å². The van der Waals surface area contributed by atoms with Crippen LogP contribution in [0.15, 0.2) is 0 Å². The summed E-state index contributed by atoms with van der Waals surface area (Å²) in [4.78, 5) is 0. The fourth-order valence-electron chi connectivity index (χ4n) is 3.77. The van der Waals surface area contributed by atoms with Gasteiger partial charge in [0.25, 0.3) is 0 Å². The van der Waals surface area contributed by atoms with E-state index in [1.54, 1.807) is 0 Å². The zero-order valence-electron chi connectivity index (χ0n) is 11.3. The molecule has 3 heteroatoms. The van der Waals surface area contributed by atoms with Gasteiger partial charge in [0.1, 0.15) is 0 Å². The Hall–Kier alpha value is -0.180. The minimum atomic E-state index is -2.42. The molecule has 18 heavy (non-hydrogen) atoms. The van der Waals surface area contributed by atoms with Crippen LogP contribution in [-0.2, 0) is 0 Å². The maximum absolute atomic E-state index is 13.3. The van der Waals surface area contributed by atoms with E-state index in [1.165, 1.54) is 32.1 Å². The van der Waals surface area contributed by atoms with Crippen molar-refractivity contribution in [1.82, 2.24) is 0 Å². The Labute approximate surface area is 110 Å². The standard InChI is InChI=1S/C15H27F2N/c16-15(17)9-3-6-13(11-15)10-14(18)8-7-12-4-1-2-5-12/h12-14H,1-11,18H2. The molecule has 0 amide bonds. The van der Waals surface area contributed by atoms with Crippen LogP contribution in [0.5, 0.6) is 0 Å². The van der Waals surface area contributed by atoms with Gasteiger partial charge in [-0.25, -0.2) is 8.78 Å². The van der Waals surface area contributed by atoms with Crippen LogP contribution in [0.2, 0.25) is 0 Å². The predicted octanol–water partition coefficient (Wildman–Crippen LogP) is 4.50. The van der Waals surface area contributed by atoms with Crippen molar-refractivity contribution in [3.05, 3.63) is 0 Å². The highest BCUT2D eigenvalue weighted by Crippen LogP contribution is 2.39. The van der Waals surface area contributed by atoms with E-state index >= 15 is 0 Å². The SMILES string of the molecule is NC(CCC1CCCC1)CC1CCCC(F)(F)C1. The Morgan fingerprint density at radius 1 is 1.06 bits per heavy atom. The highest BCUT2D eigenvalue weighted by Gasteiger charge is 2.36. The summed E-state index contributed by atoms with van der Waals surface area (Å²) in [7, 11) is 0. The zero-order chi connectivity index (χ0) is 13.0. The van der Waals surface area contributed by atoms with Gasteiger partial charge in [-0.05, 0) is 43.9 Å². The van der Waals surface area contributed by atoms with Crippen molar-refractivity contribution in [1.29, 1.82) is 0 Å². The highest BCUT2D eigenvalue weighted by molar-refractivity contribution is 4.81. The number of hydrogen-bond donors (Lipinski definition) is 1. The van der Waals surface area contributed by atoms with Crippen molar-refractivity contribution in [3.8, 4) is 0 Å². The van der Waals surface area contributed by atoms with Gasteiger partial charge >= 0.3 is 0 Å². The Balaban J connectivity index is 1.65. The molecule has 1 nitrogen and oxygen atoms in total. The molecule has 2 atom stereocenters. The molecule has 2 saturated carbocycles. The van der Waals surface area contributed by atoms with E-state index in [9.17, 15) is 8.78 Å². The first-order chi connectivity index (χ1) is 8.55. The molecule has 2 rings (SSSR count). The maximum atomic E-state index is 13.3. The molecule has 0 aromatic heterocycles. The molecule has 2 aliphatic carbocycles. The lowest BCUT2D eigenvalue weighted by Gasteiger charge is -2.30. The monoisotopic (exact) mass is 259 g/mol. The van der Waals surface area contributed by atoms with Crippen molar-refractivity contribution in [2.75, 3.05) is 0 Å². The normalized spacial score (nSPS) is 30.5. The summed E-state index contributed by atoms with van der Waals surface area (Å²) in [5.41, 5.74) is 6.13. The molecular formula is C15H27F2N. The molecule has 2 N–H and O–H groups in total. The molecule has 0 heterocycles. The molecule has 0 aliphatic heterocycles. The van der Waals surface area contributed by atoms with Crippen LogP contribution >= 0.6 is 0 Å². The molecule has 106 valence electrons. The highest BCUT2D eigenvalue weighted by atomic mass is 19.3. The van der Waals surface area contributed by atoms with E-state index in [0.717, 1.165) is 25.2 Å². The molecule has 0 spiro atoms. The van der Waals surface area contributed by atoms with E-state index in [4.69, 9.17) is 5.73 Å². The van der Waals surface area contributed by atoms with Crippen LogP contribution in [0.1, 0.15) is 70.6 Å². The minimum Gasteiger partial charge on any atom is -0.328 e. The van der Waals surface area contributed by atoms with Gasteiger partial charge in [0.15, 0.2) is 0 Å². The van der Waals surface area contributed by atoms with Gasteiger partial charge in [-0.1, -0.05) is 25.7 Å². The Bertz CT molecular complexity index is 249. The van der Waals surface area contributed by atoms with Gasteiger partial charge in [0.2, 0.25) is 5.92 Å². The average molecular weight is 259 g/mol. The minimum absolute atomic E-state index is 0.0735. The van der Waals surface area contributed by atoms with Crippen molar-refractivity contribution >= 4 is 0 Å². The second kappa shape index (κ2) is 6.31. The zero-order valence-corrected chi connectivity index (χ0v) is 11.3. The third-order valence-corrected chi connectivity index (χ3v) is 4.80. The molecule has 2 unspecified atom stereocenters. The molecule has 2 aliphatic rings. The quantitative estimate of drug-likeness (QED) is 0.773. The lowest BCUT2D eigenvalue weighted by Crippen LogP contribution is -2.31. The molecule has 0 bridgehead atoms. The maximum Gasteiger partial charge on any atom is 0.248 e. The van der Waals surface area contributed by atoms with Crippen molar-refractivity contribution in [2.45, 2.75) is 82.6 Å². The van der Waals surface area contributed by atoms with Crippen molar-refractivity contribution in [3.63, 3.8) is 0 Å².